The highest BCUT2D eigenvalue weighted by molar-refractivity contribution is 7.09. The molecule has 0 bridgehead atoms. The Kier molecular flexibility index (Phi) is 5.19. The number of aromatic nitrogens is 2. The van der Waals surface area contributed by atoms with E-state index in [4.69, 9.17) is 9.47 Å². The third kappa shape index (κ3) is 4.49. The summed E-state index contributed by atoms with van der Waals surface area (Å²) in [4.78, 5) is 22.7. The molecule has 6 nitrogen and oxygen atoms in total. The molecule has 1 aliphatic heterocycles. The lowest BCUT2D eigenvalue weighted by Gasteiger charge is -2.26. The molecule has 0 unspecified atom stereocenters. The average Bonchev–Trinajstić information content (AvgIpc) is 3.02. The molecule has 7 heteroatoms. The van der Waals surface area contributed by atoms with Crippen molar-refractivity contribution in [1.29, 1.82) is 0 Å². The zero-order chi connectivity index (χ0) is 16.1. The smallest absolute Gasteiger partial charge is 0.228 e. The second-order valence-electron chi connectivity index (χ2n) is 5.33. The summed E-state index contributed by atoms with van der Waals surface area (Å²) in [7, 11) is 0. The van der Waals surface area contributed by atoms with Crippen molar-refractivity contribution in [2.75, 3.05) is 26.3 Å². The number of carbonyl (C=O) groups excluding carboxylic acids is 1. The van der Waals surface area contributed by atoms with Gasteiger partial charge >= 0.3 is 0 Å². The number of nitrogens with zero attached hydrogens (tertiary/aromatic N) is 3. The predicted molar refractivity (Wildman–Crippen MR) is 86.5 cm³/mol. The Morgan fingerprint density at radius 2 is 2.22 bits per heavy atom. The largest absolute Gasteiger partial charge is 0.485 e. The predicted octanol–water partition coefficient (Wildman–Crippen LogP) is 1.83. The standard InChI is InChI=1S/C16H19N3O3S/c1-12-2-3-14(9-17-12)22-10-15-18-13(11-23-15)8-16(20)19-4-6-21-7-5-19/h2-3,9,11H,4-8,10H2,1H3. The maximum atomic E-state index is 12.2. The Morgan fingerprint density at radius 3 is 2.96 bits per heavy atom. The monoisotopic (exact) mass is 333 g/mol. The second kappa shape index (κ2) is 7.52. The van der Waals surface area contributed by atoms with E-state index < -0.39 is 0 Å². The van der Waals surface area contributed by atoms with Crippen LogP contribution in [0.15, 0.2) is 23.7 Å². The van der Waals surface area contributed by atoms with Gasteiger partial charge < -0.3 is 14.4 Å². The number of pyridine rings is 1. The Balaban J connectivity index is 1.51. The van der Waals surface area contributed by atoms with Crippen molar-refractivity contribution in [3.05, 3.63) is 40.1 Å². The lowest BCUT2D eigenvalue weighted by molar-refractivity contribution is -0.134. The number of hydrogen-bond acceptors (Lipinski definition) is 6. The maximum Gasteiger partial charge on any atom is 0.228 e. The third-order valence-corrected chi connectivity index (χ3v) is 4.41. The lowest BCUT2D eigenvalue weighted by atomic mass is 10.3. The molecule has 23 heavy (non-hydrogen) atoms. The fraction of sp³-hybridized carbons (Fsp3) is 0.438. The number of thiazole rings is 1. The fourth-order valence-electron chi connectivity index (χ4n) is 2.26. The van der Waals surface area contributed by atoms with Crippen molar-refractivity contribution in [1.82, 2.24) is 14.9 Å². The summed E-state index contributed by atoms with van der Waals surface area (Å²) < 4.78 is 10.9. The minimum absolute atomic E-state index is 0.105. The van der Waals surface area contributed by atoms with Gasteiger partial charge in [-0.05, 0) is 19.1 Å². The molecule has 3 heterocycles. The molecule has 122 valence electrons. The molecule has 0 N–H and O–H groups in total. The molecule has 2 aromatic rings. The normalized spacial score (nSPS) is 14.7. The molecule has 0 aliphatic carbocycles. The summed E-state index contributed by atoms with van der Waals surface area (Å²) in [6.45, 7) is 4.89. The van der Waals surface area contributed by atoms with E-state index in [1.54, 1.807) is 6.20 Å². The molecule has 1 fully saturated rings. The van der Waals surface area contributed by atoms with Gasteiger partial charge in [0.1, 0.15) is 17.4 Å². The zero-order valence-corrected chi connectivity index (χ0v) is 13.8. The molecule has 0 spiro atoms. The summed E-state index contributed by atoms with van der Waals surface area (Å²) in [5.74, 6) is 0.825. The summed E-state index contributed by atoms with van der Waals surface area (Å²) in [6.07, 6.45) is 2.04. The van der Waals surface area contributed by atoms with Crippen LogP contribution >= 0.6 is 11.3 Å². The Hall–Kier alpha value is -1.99. The molecule has 0 radical (unpaired) electrons. The zero-order valence-electron chi connectivity index (χ0n) is 13.0. The summed E-state index contributed by atoms with van der Waals surface area (Å²) >= 11 is 1.51. The first-order valence-electron chi connectivity index (χ1n) is 7.55. The number of hydrogen-bond donors (Lipinski definition) is 0. The van der Waals surface area contributed by atoms with E-state index in [1.807, 2.05) is 29.3 Å². The molecule has 0 atom stereocenters. The number of rotatable bonds is 5. The Labute approximate surface area is 139 Å². The van der Waals surface area contributed by atoms with E-state index in [0.717, 1.165) is 22.1 Å². The number of carbonyl (C=O) groups is 1. The van der Waals surface area contributed by atoms with Crippen molar-refractivity contribution in [3.8, 4) is 5.75 Å². The fourth-order valence-corrected chi connectivity index (χ4v) is 2.97. The van der Waals surface area contributed by atoms with Crippen molar-refractivity contribution in [2.45, 2.75) is 20.0 Å². The van der Waals surface area contributed by atoms with Crippen LogP contribution < -0.4 is 4.74 Å². The Bertz CT molecular complexity index is 651. The van der Waals surface area contributed by atoms with Gasteiger partial charge in [0.05, 0.1) is 31.5 Å². The van der Waals surface area contributed by atoms with Gasteiger partial charge in [-0.2, -0.15) is 0 Å². The van der Waals surface area contributed by atoms with Crippen LogP contribution in [0.5, 0.6) is 5.75 Å². The number of aryl methyl sites for hydroxylation is 1. The molecule has 3 rings (SSSR count). The van der Waals surface area contributed by atoms with Gasteiger partial charge in [-0.1, -0.05) is 0 Å². The van der Waals surface area contributed by atoms with Crippen LogP contribution in [0.2, 0.25) is 0 Å². The maximum absolute atomic E-state index is 12.2. The van der Waals surface area contributed by atoms with Crippen LogP contribution in [0, 0.1) is 6.92 Å². The van der Waals surface area contributed by atoms with E-state index in [-0.39, 0.29) is 5.91 Å². The van der Waals surface area contributed by atoms with Crippen LogP contribution in [-0.4, -0.2) is 47.1 Å². The molecule has 0 aromatic carbocycles. The van der Waals surface area contributed by atoms with Crippen LogP contribution in [-0.2, 0) is 22.6 Å². The van der Waals surface area contributed by atoms with Crippen LogP contribution in [0.4, 0.5) is 0 Å². The van der Waals surface area contributed by atoms with Crippen molar-refractivity contribution in [3.63, 3.8) is 0 Å². The van der Waals surface area contributed by atoms with Gasteiger partial charge in [0.2, 0.25) is 5.91 Å². The van der Waals surface area contributed by atoms with Crippen molar-refractivity contribution >= 4 is 17.2 Å². The van der Waals surface area contributed by atoms with E-state index in [9.17, 15) is 4.79 Å². The molecule has 1 saturated heterocycles. The number of amides is 1. The van der Waals surface area contributed by atoms with E-state index in [1.165, 1.54) is 11.3 Å². The summed E-state index contributed by atoms with van der Waals surface area (Å²) in [5.41, 5.74) is 1.75. The molecule has 0 saturated carbocycles. The minimum atomic E-state index is 0.105. The van der Waals surface area contributed by atoms with Crippen LogP contribution in [0.1, 0.15) is 16.4 Å². The number of morpholine rings is 1. The van der Waals surface area contributed by atoms with Gasteiger partial charge in [-0.25, -0.2) is 4.98 Å². The van der Waals surface area contributed by atoms with E-state index in [2.05, 4.69) is 9.97 Å². The lowest BCUT2D eigenvalue weighted by Crippen LogP contribution is -2.41. The SMILES string of the molecule is Cc1ccc(OCc2nc(CC(=O)N3CCOCC3)cs2)cn1. The van der Waals surface area contributed by atoms with Gasteiger partial charge in [0.25, 0.3) is 0 Å². The first-order valence-corrected chi connectivity index (χ1v) is 8.43. The van der Waals surface area contributed by atoms with Gasteiger partial charge in [0, 0.05) is 24.2 Å². The van der Waals surface area contributed by atoms with Gasteiger partial charge in [-0.15, -0.1) is 11.3 Å². The molecule has 1 amide bonds. The van der Waals surface area contributed by atoms with Crippen molar-refractivity contribution in [2.24, 2.45) is 0 Å². The first kappa shape index (κ1) is 15.9. The third-order valence-electron chi connectivity index (χ3n) is 3.54. The summed E-state index contributed by atoms with van der Waals surface area (Å²) in [5, 5.41) is 2.78. The first-order chi connectivity index (χ1) is 11.2. The molecular weight excluding hydrogens is 314 g/mol. The van der Waals surface area contributed by atoms with Crippen LogP contribution in [0.25, 0.3) is 0 Å². The van der Waals surface area contributed by atoms with Gasteiger partial charge in [-0.3, -0.25) is 9.78 Å². The average molecular weight is 333 g/mol. The highest BCUT2D eigenvalue weighted by Gasteiger charge is 2.18. The summed E-state index contributed by atoms with van der Waals surface area (Å²) in [6, 6.07) is 3.79. The van der Waals surface area contributed by atoms with E-state index in [0.29, 0.717) is 39.3 Å². The second-order valence-corrected chi connectivity index (χ2v) is 6.27. The van der Waals surface area contributed by atoms with E-state index >= 15 is 0 Å². The van der Waals surface area contributed by atoms with Crippen LogP contribution in [0.3, 0.4) is 0 Å². The Morgan fingerprint density at radius 1 is 1.39 bits per heavy atom. The minimum Gasteiger partial charge on any atom is -0.485 e. The topological polar surface area (TPSA) is 64.5 Å². The quantitative estimate of drug-likeness (QED) is 0.835. The van der Waals surface area contributed by atoms with Crippen molar-refractivity contribution < 1.29 is 14.3 Å². The van der Waals surface area contributed by atoms with Gasteiger partial charge in [0.15, 0.2) is 0 Å². The molecular formula is C16H19N3O3S. The highest BCUT2D eigenvalue weighted by Crippen LogP contribution is 2.16. The molecule has 2 aromatic heterocycles. The molecule has 1 aliphatic rings. The number of ether oxygens (including phenoxy) is 2. The highest BCUT2D eigenvalue weighted by atomic mass is 32.1.